The van der Waals surface area contributed by atoms with Crippen molar-refractivity contribution in [2.75, 3.05) is 38.5 Å². The number of rotatable bonds is 2. The van der Waals surface area contributed by atoms with Crippen molar-refractivity contribution in [3.63, 3.8) is 0 Å². The zero-order valence-corrected chi connectivity index (χ0v) is 17.3. The molecule has 2 aromatic carbocycles. The number of hydrogen-bond donors (Lipinski definition) is 0. The molecule has 1 aromatic heterocycles. The van der Waals surface area contributed by atoms with Gasteiger partial charge in [0.25, 0.3) is 0 Å². The highest BCUT2D eigenvalue weighted by Gasteiger charge is 2.30. The Kier molecular flexibility index (Phi) is 4.03. The Bertz CT molecular complexity index is 1160. The molecule has 0 saturated carbocycles. The first-order valence-corrected chi connectivity index (χ1v) is 10.5. The summed E-state index contributed by atoms with van der Waals surface area (Å²) < 4.78 is 25.1. The van der Waals surface area contributed by atoms with E-state index in [1.807, 2.05) is 0 Å². The van der Waals surface area contributed by atoms with Crippen molar-refractivity contribution in [1.82, 2.24) is 0 Å². The van der Waals surface area contributed by atoms with Gasteiger partial charge < -0.3 is 23.8 Å². The van der Waals surface area contributed by atoms with E-state index in [1.165, 1.54) is 27.6 Å². The number of benzene rings is 2. The fraction of sp³-hybridized carbons (Fsp3) is 0.375. The number of ether oxygens (including phenoxy) is 4. The third kappa shape index (κ3) is 2.70. The van der Waals surface area contributed by atoms with E-state index in [4.69, 9.17) is 18.9 Å². The molecule has 3 aliphatic rings. The molecule has 6 rings (SSSR count). The molecule has 0 amide bonds. The zero-order valence-electron chi connectivity index (χ0n) is 17.3. The quantitative estimate of drug-likeness (QED) is 0.612. The lowest BCUT2D eigenvalue weighted by atomic mass is 9.95. The van der Waals surface area contributed by atoms with Crippen LogP contribution in [0.4, 0.5) is 5.69 Å². The van der Waals surface area contributed by atoms with E-state index in [2.05, 4.69) is 52.9 Å². The van der Waals surface area contributed by atoms with E-state index >= 15 is 0 Å². The van der Waals surface area contributed by atoms with Crippen LogP contribution in [0.5, 0.6) is 17.2 Å². The summed E-state index contributed by atoms with van der Waals surface area (Å²) in [7, 11) is 1.75. The molecule has 154 valence electrons. The second-order valence-corrected chi connectivity index (χ2v) is 8.21. The maximum atomic E-state index is 5.77. The summed E-state index contributed by atoms with van der Waals surface area (Å²) in [6.07, 6.45) is 3.47. The van der Waals surface area contributed by atoms with Crippen LogP contribution >= 0.6 is 0 Å². The molecular formula is C24H25N2O4+. The van der Waals surface area contributed by atoms with Gasteiger partial charge in [0.05, 0.1) is 36.5 Å². The van der Waals surface area contributed by atoms with Gasteiger partial charge in [0.15, 0.2) is 24.2 Å². The lowest BCUT2D eigenvalue weighted by Crippen LogP contribution is -2.42. The Morgan fingerprint density at radius 1 is 1.13 bits per heavy atom. The molecule has 0 N–H and O–H groups in total. The van der Waals surface area contributed by atoms with Gasteiger partial charge in [0.2, 0.25) is 12.5 Å². The second-order valence-electron chi connectivity index (χ2n) is 8.21. The number of hydrogen-bond acceptors (Lipinski definition) is 5. The van der Waals surface area contributed by atoms with E-state index < -0.39 is 0 Å². The number of nitrogens with zero attached hydrogens (tertiary/aromatic N) is 2. The van der Waals surface area contributed by atoms with Crippen LogP contribution in [0.15, 0.2) is 36.5 Å². The van der Waals surface area contributed by atoms with Crippen molar-refractivity contribution >= 4 is 16.5 Å². The molecule has 1 atom stereocenters. The summed E-state index contributed by atoms with van der Waals surface area (Å²) in [5.41, 5.74) is 4.92. The van der Waals surface area contributed by atoms with Gasteiger partial charge in [0, 0.05) is 25.6 Å². The molecule has 1 unspecified atom stereocenters. The average molecular weight is 405 g/mol. The Balaban J connectivity index is 1.53. The predicted octanol–water partition coefficient (Wildman–Crippen LogP) is 3.31. The molecule has 6 heteroatoms. The number of methoxy groups -OCH3 is 1. The van der Waals surface area contributed by atoms with Crippen LogP contribution < -0.4 is 23.7 Å². The van der Waals surface area contributed by atoms with E-state index in [0.717, 1.165) is 55.6 Å². The van der Waals surface area contributed by atoms with Crippen LogP contribution in [0, 0.1) is 0 Å². The smallest absolute Gasteiger partial charge is 0.231 e. The molecular weight excluding hydrogens is 380 g/mol. The normalized spacial score (nSPS) is 19.5. The van der Waals surface area contributed by atoms with Crippen molar-refractivity contribution < 1.29 is 23.5 Å². The molecule has 4 heterocycles. The van der Waals surface area contributed by atoms with Gasteiger partial charge in [-0.15, -0.1) is 0 Å². The Morgan fingerprint density at radius 3 is 2.83 bits per heavy atom. The topological polar surface area (TPSA) is 44.0 Å². The molecule has 30 heavy (non-hydrogen) atoms. The first kappa shape index (κ1) is 17.8. The Morgan fingerprint density at radius 2 is 2.00 bits per heavy atom. The molecule has 0 aliphatic carbocycles. The van der Waals surface area contributed by atoms with Gasteiger partial charge in [-0.25, -0.2) is 0 Å². The maximum absolute atomic E-state index is 5.77. The number of morpholine rings is 1. The first-order valence-electron chi connectivity index (χ1n) is 10.5. The largest absolute Gasteiger partial charge is 0.495 e. The highest BCUT2D eigenvalue weighted by atomic mass is 16.7. The third-order valence-electron chi connectivity index (χ3n) is 6.37. The summed E-state index contributed by atoms with van der Waals surface area (Å²) in [4.78, 5) is 2.40. The van der Waals surface area contributed by atoms with E-state index in [0.29, 0.717) is 6.79 Å². The van der Waals surface area contributed by atoms with Crippen molar-refractivity contribution in [1.29, 1.82) is 0 Å². The lowest BCUT2D eigenvalue weighted by molar-refractivity contribution is -0.686. The van der Waals surface area contributed by atoms with Crippen LogP contribution in [0.3, 0.4) is 0 Å². The van der Waals surface area contributed by atoms with Gasteiger partial charge >= 0.3 is 0 Å². The number of pyridine rings is 1. The molecule has 3 aromatic rings. The highest BCUT2D eigenvalue weighted by Crippen LogP contribution is 2.42. The van der Waals surface area contributed by atoms with Crippen molar-refractivity contribution in [3.05, 3.63) is 42.1 Å². The van der Waals surface area contributed by atoms with Gasteiger partial charge in [0.1, 0.15) is 5.75 Å². The zero-order chi connectivity index (χ0) is 20.2. The number of fused-ring (bicyclic) bond motifs is 5. The standard InChI is InChI=1S/C24H25N2O4/c1-15-12-26(7-8-28-15)24-19-13-25-6-5-17-10-22-23(30-14-29-22)11-18(17)20(25)9-16(19)3-4-21(24)27-2/h3-4,9-11,13,15H,5-8,12,14H2,1-2H3/q+1. The Labute approximate surface area is 175 Å². The van der Waals surface area contributed by atoms with E-state index in [1.54, 1.807) is 7.11 Å². The minimum atomic E-state index is 0.209. The maximum Gasteiger partial charge on any atom is 0.231 e. The van der Waals surface area contributed by atoms with E-state index in [9.17, 15) is 0 Å². The minimum absolute atomic E-state index is 0.209. The molecule has 1 fully saturated rings. The van der Waals surface area contributed by atoms with Crippen molar-refractivity contribution in [2.24, 2.45) is 0 Å². The Hall–Kier alpha value is -2.99. The average Bonchev–Trinajstić information content (AvgIpc) is 3.23. The lowest BCUT2D eigenvalue weighted by Gasteiger charge is -2.34. The summed E-state index contributed by atoms with van der Waals surface area (Å²) >= 11 is 0. The van der Waals surface area contributed by atoms with Crippen LogP contribution in [-0.2, 0) is 17.7 Å². The second kappa shape index (κ2) is 6.77. The SMILES string of the molecule is COc1ccc2cc3[n+](cc2c1N1CCOC(C)C1)CCc1cc2c(cc1-3)OCO2. The summed E-state index contributed by atoms with van der Waals surface area (Å²) in [5, 5.41) is 2.43. The van der Waals surface area contributed by atoms with Crippen LogP contribution in [-0.4, -0.2) is 39.7 Å². The molecule has 6 nitrogen and oxygen atoms in total. The van der Waals surface area contributed by atoms with Gasteiger partial charge in [-0.2, -0.15) is 4.57 Å². The van der Waals surface area contributed by atoms with Gasteiger partial charge in [-0.1, -0.05) is 6.07 Å². The molecule has 3 aliphatic heterocycles. The van der Waals surface area contributed by atoms with Crippen molar-refractivity contribution in [2.45, 2.75) is 26.0 Å². The monoisotopic (exact) mass is 405 g/mol. The number of aryl methyl sites for hydroxylation is 2. The summed E-state index contributed by atoms with van der Waals surface area (Å²) in [5.74, 6) is 2.60. The van der Waals surface area contributed by atoms with Crippen LogP contribution in [0.25, 0.3) is 22.0 Å². The molecule has 0 spiro atoms. The predicted molar refractivity (Wildman–Crippen MR) is 114 cm³/mol. The molecule has 1 saturated heterocycles. The van der Waals surface area contributed by atoms with E-state index in [-0.39, 0.29) is 6.10 Å². The third-order valence-corrected chi connectivity index (χ3v) is 6.37. The fourth-order valence-electron chi connectivity index (χ4n) is 4.92. The minimum Gasteiger partial charge on any atom is -0.495 e. The van der Waals surface area contributed by atoms with Gasteiger partial charge in [-0.3, -0.25) is 0 Å². The highest BCUT2D eigenvalue weighted by molar-refractivity contribution is 5.98. The summed E-state index contributed by atoms with van der Waals surface area (Å²) in [6.45, 7) is 5.84. The van der Waals surface area contributed by atoms with Crippen LogP contribution in [0.2, 0.25) is 0 Å². The number of anilines is 1. The van der Waals surface area contributed by atoms with Gasteiger partial charge in [-0.05, 0) is 36.1 Å². The molecule has 0 bridgehead atoms. The number of aromatic nitrogens is 1. The summed E-state index contributed by atoms with van der Waals surface area (Å²) in [6, 6.07) is 10.8. The fourth-order valence-corrected chi connectivity index (χ4v) is 4.92. The molecule has 0 radical (unpaired) electrons. The van der Waals surface area contributed by atoms with Crippen molar-refractivity contribution in [3.8, 4) is 28.5 Å². The first-order chi connectivity index (χ1) is 14.7. The van der Waals surface area contributed by atoms with Crippen LogP contribution in [0.1, 0.15) is 12.5 Å².